The molecule has 5 heterocycles. The number of nitrogens with zero attached hydrogens (tertiary/aromatic N) is 5. The number of carbonyl (C=O) groups is 2. The minimum atomic E-state index is -0.300. The number of hydrogen-bond acceptors (Lipinski definition) is 9. The molecule has 1 saturated heterocycles. The van der Waals surface area contributed by atoms with Gasteiger partial charge in [0.1, 0.15) is 10.7 Å². The highest BCUT2D eigenvalue weighted by atomic mass is 35.5. The standard InChI is InChI=1S/C31H30ClN7O3S/c1-4-26(40)38-12-13-39-21(17-38)9-8-19-14-20(15-33-29(19)39)23-10-11-24(42-3)28(35-23)37-31-34-16-25(43-31)30(41)36-27-18(2)6-5-7-22(27)32/h4-7,10-11,14-16,21H,1,8-9,12-13,17H2,2-3H3,(H,36,41)(H,34,35,37). The van der Waals surface area contributed by atoms with Crippen LogP contribution in [0.25, 0.3) is 11.3 Å². The molecule has 1 unspecified atom stereocenters. The van der Waals surface area contributed by atoms with E-state index in [0.29, 0.717) is 45.4 Å². The summed E-state index contributed by atoms with van der Waals surface area (Å²) in [6.45, 7) is 7.58. The molecule has 2 N–H and O–H groups in total. The Morgan fingerprint density at radius 3 is 2.84 bits per heavy atom. The van der Waals surface area contributed by atoms with Gasteiger partial charge in [-0.25, -0.2) is 15.0 Å². The first-order chi connectivity index (χ1) is 20.8. The summed E-state index contributed by atoms with van der Waals surface area (Å²) in [5, 5.41) is 7.05. The van der Waals surface area contributed by atoms with E-state index in [1.165, 1.54) is 23.6 Å². The molecule has 220 valence electrons. The van der Waals surface area contributed by atoms with Crippen LogP contribution in [0.4, 0.5) is 22.5 Å². The van der Waals surface area contributed by atoms with Crippen LogP contribution in [0.2, 0.25) is 5.02 Å². The number of rotatable bonds is 7. The van der Waals surface area contributed by atoms with Crippen LogP contribution < -0.4 is 20.3 Å². The van der Waals surface area contributed by atoms with Crippen molar-refractivity contribution in [3.63, 3.8) is 0 Å². The summed E-state index contributed by atoms with van der Waals surface area (Å²) in [6, 6.07) is 11.6. The van der Waals surface area contributed by atoms with Gasteiger partial charge in [0.25, 0.3) is 5.91 Å². The number of fused-ring (bicyclic) bond motifs is 3. The average Bonchev–Trinajstić information content (AvgIpc) is 3.50. The fourth-order valence-electron chi connectivity index (χ4n) is 5.48. The van der Waals surface area contributed by atoms with E-state index in [0.717, 1.165) is 47.6 Å². The first kappa shape index (κ1) is 28.6. The van der Waals surface area contributed by atoms with Crippen LogP contribution in [-0.2, 0) is 11.2 Å². The number of halogens is 1. The molecule has 0 spiro atoms. The normalized spacial score (nSPS) is 15.7. The molecule has 2 aliphatic heterocycles. The highest BCUT2D eigenvalue weighted by Crippen LogP contribution is 2.36. The van der Waals surface area contributed by atoms with Crippen molar-refractivity contribution in [3.8, 4) is 17.0 Å². The number of benzene rings is 1. The van der Waals surface area contributed by atoms with Crippen LogP contribution in [-0.4, -0.2) is 64.5 Å². The van der Waals surface area contributed by atoms with Crippen molar-refractivity contribution < 1.29 is 14.3 Å². The van der Waals surface area contributed by atoms with Crippen molar-refractivity contribution in [3.05, 3.63) is 82.5 Å². The van der Waals surface area contributed by atoms with Crippen molar-refractivity contribution >= 4 is 57.2 Å². The summed E-state index contributed by atoms with van der Waals surface area (Å²) < 4.78 is 5.55. The molecule has 0 bridgehead atoms. The summed E-state index contributed by atoms with van der Waals surface area (Å²) in [4.78, 5) is 43.7. The van der Waals surface area contributed by atoms with Crippen LogP contribution in [0.3, 0.4) is 0 Å². The van der Waals surface area contributed by atoms with Crippen LogP contribution in [0.15, 0.2) is 61.4 Å². The van der Waals surface area contributed by atoms with Crippen LogP contribution >= 0.6 is 22.9 Å². The lowest BCUT2D eigenvalue weighted by atomic mass is 9.95. The molecule has 0 aliphatic carbocycles. The maximum Gasteiger partial charge on any atom is 0.267 e. The molecule has 3 aromatic heterocycles. The van der Waals surface area contributed by atoms with Gasteiger partial charge in [0, 0.05) is 37.4 Å². The maximum atomic E-state index is 12.9. The monoisotopic (exact) mass is 615 g/mol. The Kier molecular flexibility index (Phi) is 8.00. The summed E-state index contributed by atoms with van der Waals surface area (Å²) >= 11 is 7.48. The van der Waals surface area contributed by atoms with Gasteiger partial charge in [0.2, 0.25) is 5.91 Å². The van der Waals surface area contributed by atoms with Crippen LogP contribution in [0.5, 0.6) is 5.75 Å². The molecule has 1 atom stereocenters. The highest BCUT2D eigenvalue weighted by molar-refractivity contribution is 7.17. The van der Waals surface area contributed by atoms with E-state index in [4.69, 9.17) is 26.3 Å². The van der Waals surface area contributed by atoms with Crippen molar-refractivity contribution in [1.82, 2.24) is 19.9 Å². The Hall–Kier alpha value is -4.48. The smallest absolute Gasteiger partial charge is 0.267 e. The fourth-order valence-corrected chi connectivity index (χ4v) is 6.46. The third-order valence-electron chi connectivity index (χ3n) is 7.72. The van der Waals surface area contributed by atoms with Gasteiger partial charge in [-0.1, -0.05) is 41.6 Å². The van der Waals surface area contributed by atoms with Crippen LogP contribution in [0, 0.1) is 6.92 Å². The lowest BCUT2D eigenvalue weighted by Gasteiger charge is -2.45. The van der Waals surface area contributed by atoms with Crippen molar-refractivity contribution in [1.29, 1.82) is 0 Å². The van der Waals surface area contributed by atoms with Gasteiger partial charge in [-0.05, 0) is 61.2 Å². The zero-order valence-corrected chi connectivity index (χ0v) is 25.3. The third kappa shape index (κ3) is 5.78. The first-order valence-corrected chi connectivity index (χ1v) is 15.1. The van der Waals surface area contributed by atoms with Gasteiger partial charge in [0.05, 0.1) is 29.7 Å². The fraction of sp³-hybridized carbons (Fsp3) is 0.258. The van der Waals surface area contributed by atoms with Gasteiger partial charge in [-0.15, -0.1) is 0 Å². The highest BCUT2D eigenvalue weighted by Gasteiger charge is 2.33. The van der Waals surface area contributed by atoms with Gasteiger partial charge >= 0.3 is 0 Å². The molecule has 2 aliphatic rings. The predicted molar refractivity (Wildman–Crippen MR) is 170 cm³/mol. The second-order valence-corrected chi connectivity index (χ2v) is 11.8. The minimum absolute atomic E-state index is 0.0202. The maximum absolute atomic E-state index is 12.9. The molecular weight excluding hydrogens is 586 g/mol. The summed E-state index contributed by atoms with van der Waals surface area (Å²) in [6.07, 6.45) is 6.54. The number of piperazine rings is 1. The van der Waals surface area contributed by atoms with E-state index in [1.54, 1.807) is 13.2 Å². The number of ether oxygens (including phenoxy) is 1. The van der Waals surface area contributed by atoms with E-state index in [-0.39, 0.29) is 17.9 Å². The zero-order chi connectivity index (χ0) is 30.1. The van der Waals surface area contributed by atoms with E-state index in [1.807, 2.05) is 42.3 Å². The third-order valence-corrected chi connectivity index (χ3v) is 8.95. The van der Waals surface area contributed by atoms with E-state index < -0.39 is 0 Å². The molecule has 1 aromatic carbocycles. The molecule has 12 heteroatoms. The number of carbonyl (C=O) groups excluding carboxylic acids is 2. The average molecular weight is 616 g/mol. The molecular formula is C31H30ClN7O3S. The summed E-state index contributed by atoms with van der Waals surface area (Å²) in [5.41, 5.74) is 4.22. The number of amides is 2. The summed E-state index contributed by atoms with van der Waals surface area (Å²) in [5.74, 6) is 1.67. The Morgan fingerprint density at radius 2 is 2.05 bits per heavy atom. The summed E-state index contributed by atoms with van der Waals surface area (Å²) in [7, 11) is 1.58. The lowest BCUT2D eigenvalue weighted by molar-refractivity contribution is -0.126. The van der Waals surface area contributed by atoms with E-state index in [2.05, 4.69) is 33.2 Å². The molecule has 4 aromatic rings. The number of nitrogens with one attached hydrogen (secondary N) is 2. The van der Waals surface area contributed by atoms with Gasteiger partial charge in [-0.2, -0.15) is 0 Å². The predicted octanol–water partition coefficient (Wildman–Crippen LogP) is 5.72. The van der Waals surface area contributed by atoms with Crippen molar-refractivity contribution in [2.24, 2.45) is 0 Å². The number of para-hydroxylation sites is 1. The topological polar surface area (TPSA) is 113 Å². The van der Waals surface area contributed by atoms with Gasteiger partial charge in [0.15, 0.2) is 16.7 Å². The number of anilines is 4. The minimum Gasteiger partial charge on any atom is -0.493 e. The van der Waals surface area contributed by atoms with E-state index >= 15 is 0 Å². The number of hydrogen-bond donors (Lipinski definition) is 2. The molecule has 2 amide bonds. The second kappa shape index (κ2) is 12.0. The van der Waals surface area contributed by atoms with Crippen molar-refractivity contribution in [2.45, 2.75) is 25.8 Å². The number of aromatic nitrogens is 3. The van der Waals surface area contributed by atoms with E-state index in [9.17, 15) is 9.59 Å². The Morgan fingerprint density at radius 1 is 1.19 bits per heavy atom. The quantitative estimate of drug-likeness (QED) is 0.254. The number of aryl methyl sites for hydroxylation is 2. The van der Waals surface area contributed by atoms with Gasteiger partial charge < -0.3 is 25.2 Å². The van der Waals surface area contributed by atoms with Crippen molar-refractivity contribution in [2.75, 3.05) is 42.3 Å². The molecule has 10 nitrogen and oxygen atoms in total. The Bertz CT molecular complexity index is 1710. The Balaban J connectivity index is 1.20. The lowest BCUT2D eigenvalue weighted by Crippen LogP contribution is -2.56. The molecule has 6 rings (SSSR count). The van der Waals surface area contributed by atoms with Gasteiger partial charge in [-0.3, -0.25) is 9.59 Å². The molecule has 0 saturated carbocycles. The molecule has 43 heavy (non-hydrogen) atoms. The molecule has 1 fully saturated rings. The second-order valence-electron chi connectivity index (χ2n) is 10.4. The van der Waals surface area contributed by atoms with Crippen LogP contribution in [0.1, 0.15) is 27.2 Å². The zero-order valence-electron chi connectivity index (χ0n) is 23.8. The Labute approximate surface area is 258 Å². The number of pyridine rings is 2. The largest absolute Gasteiger partial charge is 0.493 e. The number of thiazole rings is 1. The molecule has 0 radical (unpaired) electrons. The SMILES string of the molecule is C=CC(=O)N1CCN2c3ncc(-c4ccc(OC)c(Nc5ncc(C(=O)Nc6c(C)cccc6Cl)s5)n4)cc3CCC2C1. The first-order valence-electron chi connectivity index (χ1n) is 13.9. The number of methoxy groups -OCH3 is 1.